The molecule has 28 heavy (non-hydrogen) atoms. The van der Waals surface area contributed by atoms with Crippen LogP contribution in [0.2, 0.25) is 5.02 Å². The van der Waals surface area contributed by atoms with Crippen molar-refractivity contribution in [2.24, 2.45) is 4.99 Å². The third kappa shape index (κ3) is 3.81. The van der Waals surface area contributed by atoms with E-state index in [0.717, 1.165) is 21.2 Å². The molecule has 0 aliphatic carbocycles. The van der Waals surface area contributed by atoms with E-state index in [2.05, 4.69) is 21.2 Å². The van der Waals surface area contributed by atoms with Gasteiger partial charge in [-0.25, -0.2) is 0 Å². The number of rotatable bonds is 3. The summed E-state index contributed by atoms with van der Waals surface area (Å²) in [4.78, 5) is 17.8. The molecule has 0 radical (unpaired) electrons. The highest BCUT2D eigenvalue weighted by molar-refractivity contribution is 9.10. The van der Waals surface area contributed by atoms with Gasteiger partial charge in [0.05, 0.1) is 11.4 Å². The van der Waals surface area contributed by atoms with Gasteiger partial charge in [0.2, 0.25) is 5.91 Å². The molecule has 3 N–H and O–H groups in total. The molecule has 1 aliphatic rings. The maximum absolute atomic E-state index is 12.9. The van der Waals surface area contributed by atoms with Gasteiger partial charge in [0.25, 0.3) is 0 Å². The number of benzodiazepines with no additional fused rings is 1. The lowest BCUT2D eigenvalue weighted by Crippen LogP contribution is -2.27. The molecule has 0 bridgehead atoms. The third-order valence-electron chi connectivity index (χ3n) is 4.64. The molecular weight excluding hydrogens is 438 g/mol. The molecule has 3 aromatic carbocycles. The zero-order chi connectivity index (χ0) is 19.7. The summed E-state index contributed by atoms with van der Waals surface area (Å²) in [6.07, 6.45) is 0.480. The van der Waals surface area contributed by atoms with Crippen molar-refractivity contribution in [1.29, 1.82) is 0 Å². The van der Waals surface area contributed by atoms with Gasteiger partial charge in [-0.05, 0) is 42.0 Å². The molecule has 1 aliphatic heterocycles. The number of carbonyl (C=O) groups excluding carboxylic acids is 1. The van der Waals surface area contributed by atoms with Crippen LogP contribution in [0.5, 0.6) is 0 Å². The summed E-state index contributed by atoms with van der Waals surface area (Å²) in [6, 6.07) is 20.1. The molecule has 1 unspecified atom stereocenters. The van der Waals surface area contributed by atoms with E-state index in [1.54, 1.807) is 6.07 Å². The second-order valence-electron chi connectivity index (χ2n) is 6.59. The zero-order valence-corrected chi connectivity index (χ0v) is 17.2. The Kier molecular flexibility index (Phi) is 5.20. The van der Waals surface area contributed by atoms with Crippen LogP contribution in [0.3, 0.4) is 0 Å². The summed E-state index contributed by atoms with van der Waals surface area (Å²) >= 11 is 9.79. The minimum atomic E-state index is -0.572. The Morgan fingerprint density at radius 2 is 1.82 bits per heavy atom. The molecule has 6 heteroatoms. The Hall–Kier alpha value is -2.63. The Bertz CT molecular complexity index is 1080. The smallest absolute Gasteiger partial charge is 0.249 e. The van der Waals surface area contributed by atoms with Crippen molar-refractivity contribution in [2.75, 3.05) is 11.1 Å². The molecular formula is C22H17BrClN3O. The number of fused-ring (bicyclic) bond motifs is 1. The van der Waals surface area contributed by atoms with Crippen molar-refractivity contribution in [2.45, 2.75) is 12.5 Å². The number of carbonyl (C=O) groups is 1. The van der Waals surface area contributed by atoms with Gasteiger partial charge in [0, 0.05) is 32.7 Å². The van der Waals surface area contributed by atoms with E-state index < -0.39 is 6.04 Å². The molecule has 0 saturated heterocycles. The standard InChI is InChI=1S/C22H17BrClN3O/c23-18-4-2-1-3-14(18)11-20-22(28)27-19-10-7-15(24)12-17(19)21(26-20)13-5-8-16(25)9-6-13/h1-10,12,20H,11,25H2,(H,27,28). The van der Waals surface area contributed by atoms with Gasteiger partial charge in [-0.15, -0.1) is 0 Å². The minimum absolute atomic E-state index is 0.148. The van der Waals surface area contributed by atoms with E-state index >= 15 is 0 Å². The maximum Gasteiger partial charge on any atom is 0.249 e. The minimum Gasteiger partial charge on any atom is -0.399 e. The molecule has 0 fully saturated rings. The number of benzene rings is 3. The van der Waals surface area contributed by atoms with Crippen LogP contribution in [0.15, 0.2) is 76.2 Å². The quantitative estimate of drug-likeness (QED) is 0.542. The molecule has 4 nitrogen and oxygen atoms in total. The number of hydrogen-bond donors (Lipinski definition) is 2. The number of nitrogen functional groups attached to an aromatic ring is 1. The lowest BCUT2D eigenvalue weighted by atomic mass is 10.00. The average Bonchev–Trinajstić information content (AvgIpc) is 2.81. The second-order valence-corrected chi connectivity index (χ2v) is 7.88. The number of halogens is 2. The van der Waals surface area contributed by atoms with E-state index in [1.807, 2.05) is 60.7 Å². The number of anilines is 2. The van der Waals surface area contributed by atoms with Gasteiger partial charge in [0.15, 0.2) is 0 Å². The van der Waals surface area contributed by atoms with Crippen LogP contribution < -0.4 is 11.1 Å². The van der Waals surface area contributed by atoms with Crippen molar-refractivity contribution < 1.29 is 4.79 Å². The van der Waals surface area contributed by atoms with Crippen LogP contribution in [0.4, 0.5) is 11.4 Å². The number of nitrogens with one attached hydrogen (secondary N) is 1. The Balaban J connectivity index is 1.84. The van der Waals surface area contributed by atoms with Crippen LogP contribution in [0.1, 0.15) is 16.7 Å². The summed E-state index contributed by atoms with van der Waals surface area (Å²) in [6.45, 7) is 0. The lowest BCUT2D eigenvalue weighted by Gasteiger charge is -2.12. The van der Waals surface area contributed by atoms with Gasteiger partial charge in [0.1, 0.15) is 6.04 Å². The SMILES string of the molecule is Nc1ccc(C2=NC(Cc3ccccc3Br)C(=O)Nc3ccc(Cl)cc32)cc1. The molecule has 0 spiro atoms. The predicted octanol–water partition coefficient (Wildman–Crippen LogP) is 5.09. The number of nitrogens with two attached hydrogens (primary N) is 1. The van der Waals surface area contributed by atoms with Gasteiger partial charge in [-0.1, -0.05) is 57.9 Å². The molecule has 1 heterocycles. The van der Waals surface area contributed by atoms with Gasteiger partial charge in [-0.2, -0.15) is 0 Å². The number of aliphatic imine (C=N–C) groups is 1. The monoisotopic (exact) mass is 453 g/mol. The highest BCUT2D eigenvalue weighted by atomic mass is 79.9. The summed E-state index contributed by atoms with van der Waals surface area (Å²) in [5, 5.41) is 3.58. The summed E-state index contributed by atoms with van der Waals surface area (Å²) in [5.74, 6) is -0.148. The third-order valence-corrected chi connectivity index (χ3v) is 5.65. The van der Waals surface area contributed by atoms with Crippen LogP contribution in [0, 0.1) is 0 Å². The fraction of sp³-hybridized carbons (Fsp3) is 0.0909. The van der Waals surface area contributed by atoms with E-state index in [4.69, 9.17) is 22.3 Å². The van der Waals surface area contributed by atoms with Crippen molar-refractivity contribution >= 4 is 50.5 Å². The summed E-state index contributed by atoms with van der Waals surface area (Å²) in [7, 11) is 0. The molecule has 1 amide bonds. The van der Waals surface area contributed by atoms with Crippen LogP contribution in [0.25, 0.3) is 0 Å². The van der Waals surface area contributed by atoms with Gasteiger partial charge in [-0.3, -0.25) is 9.79 Å². The first-order valence-electron chi connectivity index (χ1n) is 8.79. The van der Waals surface area contributed by atoms with E-state index in [1.165, 1.54) is 0 Å². The maximum atomic E-state index is 12.9. The Morgan fingerprint density at radius 1 is 1.07 bits per heavy atom. The largest absolute Gasteiger partial charge is 0.399 e. The molecule has 4 rings (SSSR count). The topological polar surface area (TPSA) is 67.5 Å². The lowest BCUT2D eigenvalue weighted by molar-refractivity contribution is -0.117. The summed E-state index contributed by atoms with van der Waals surface area (Å²) in [5.41, 5.74) is 10.6. The van der Waals surface area contributed by atoms with E-state index in [9.17, 15) is 4.79 Å². The Morgan fingerprint density at radius 3 is 2.57 bits per heavy atom. The summed E-state index contributed by atoms with van der Waals surface area (Å²) < 4.78 is 0.955. The molecule has 3 aromatic rings. The van der Waals surface area contributed by atoms with Crippen molar-refractivity contribution in [1.82, 2.24) is 0 Å². The first kappa shape index (κ1) is 18.7. The van der Waals surface area contributed by atoms with Crippen LogP contribution in [-0.4, -0.2) is 17.7 Å². The van der Waals surface area contributed by atoms with Crippen LogP contribution in [-0.2, 0) is 11.2 Å². The highest BCUT2D eigenvalue weighted by Crippen LogP contribution is 2.29. The van der Waals surface area contributed by atoms with Gasteiger partial charge >= 0.3 is 0 Å². The fourth-order valence-electron chi connectivity index (χ4n) is 3.20. The first-order chi connectivity index (χ1) is 13.5. The molecule has 0 aromatic heterocycles. The number of amides is 1. The first-order valence-corrected chi connectivity index (χ1v) is 9.96. The average molecular weight is 455 g/mol. The Labute approximate surface area is 176 Å². The van der Waals surface area contributed by atoms with Crippen molar-refractivity contribution in [3.05, 3.63) is 92.9 Å². The van der Waals surface area contributed by atoms with Crippen LogP contribution >= 0.6 is 27.5 Å². The van der Waals surface area contributed by atoms with E-state index in [0.29, 0.717) is 28.5 Å². The number of hydrogen-bond acceptors (Lipinski definition) is 3. The van der Waals surface area contributed by atoms with Crippen molar-refractivity contribution in [3.63, 3.8) is 0 Å². The fourth-order valence-corrected chi connectivity index (χ4v) is 3.82. The van der Waals surface area contributed by atoms with Gasteiger partial charge < -0.3 is 11.1 Å². The molecule has 0 saturated carbocycles. The normalized spacial score (nSPS) is 16.0. The number of nitrogens with zero attached hydrogens (tertiary/aromatic N) is 1. The predicted molar refractivity (Wildman–Crippen MR) is 118 cm³/mol. The highest BCUT2D eigenvalue weighted by Gasteiger charge is 2.26. The molecule has 140 valence electrons. The second kappa shape index (κ2) is 7.78. The zero-order valence-electron chi connectivity index (χ0n) is 14.8. The van der Waals surface area contributed by atoms with E-state index in [-0.39, 0.29) is 5.91 Å². The van der Waals surface area contributed by atoms with Crippen molar-refractivity contribution in [3.8, 4) is 0 Å². The molecule has 1 atom stereocenters.